The summed E-state index contributed by atoms with van der Waals surface area (Å²) in [6.45, 7) is 0.469. The van der Waals surface area contributed by atoms with Crippen molar-refractivity contribution < 1.29 is 18.3 Å². The number of nitrogens with zero attached hydrogens (tertiary/aromatic N) is 2. The van der Waals surface area contributed by atoms with Crippen LogP contribution in [0.3, 0.4) is 0 Å². The summed E-state index contributed by atoms with van der Waals surface area (Å²) in [4.78, 5) is 16.2. The first-order chi connectivity index (χ1) is 12.0. The summed E-state index contributed by atoms with van der Waals surface area (Å²) in [6, 6.07) is 11.1. The van der Waals surface area contributed by atoms with Crippen molar-refractivity contribution in [3.8, 4) is 0 Å². The fourth-order valence-corrected chi connectivity index (χ4v) is 4.28. The molecule has 2 heterocycles. The lowest BCUT2D eigenvalue weighted by Crippen LogP contribution is -2.42. The Morgan fingerprint density at radius 2 is 2.08 bits per heavy atom. The van der Waals surface area contributed by atoms with E-state index in [2.05, 4.69) is 10.3 Å². The normalized spacial score (nSPS) is 18.7. The molecule has 0 unspecified atom stereocenters. The van der Waals surface area contributed by atoms with Gasteiger partial charge in [-0.2, -0.15) is 4.31 Å². The largest absolute Gasteiger partial charge is 0.392 e. The number of sulfonamides is 1. The Labute approximate surface area is 146 Å². The lowest BCUT2D eigenvalue weighted by atomic mass is 10.1. The summed E-state index contributed by atoms with van der Waals surface area (Å²) in [6.07, 6.45) is 2.09. The maximum Gasteiger partial charge on any atom is 0.274 e. The fraction of sp³-hybridized carbons (Fsp3) is 0.294. The van der Waals surface area contributed by atoms with Crippen LogP contribution in [0.4, 0.5) is 5.69 Å². The van der Waals surface area contributed by atoms with Crippen LogP contribution in [0.2, 0.25) is 0 Å². The summed E-state index contributed by atoms with van der Waals surface area (Å²) in [5.74, 6) is -0.413. The number of anilines is 1. The Bertz CT molecular complexity index is 855. The van der Waals surface area contributed by atoms with Crippen molar-refractivity contribution in [3.63, 3.8) is 0 Å². The van der Waals surface area contributed by atoms with Crippen LogP contribution in [-0.4, -0.2) is 47.9 Å². The Hall–Kier alpha value is -2.29. The Morgan fingerprint density at radius 3 is 2.80 bits per heavy atom. The van der Waals surface area contributed by atoms with Gasteiger partial charge in [-0.3, -0.25) is 9.78 Å². The Kier molecular flexibility index (Phi) is 5.12. The van der Waals surface area contributed by atoms with Gasteiger partial charge in [0.1, 0.15) is 5.69 Å². The number of hydrogen-bond donors (Lipinski definition) is 2. The molecule has 132 valence electrons. The first-order valence-electron chi connectivity index (χ1n) is 7.97. The molecular weight excluding hydrogens is 342 g/mol. The number of hydrogen-bond acceptors (Lipinski definition) is 5. The first kappa shape index (κ1) is 17.5. The zero-order chi connectivity index (χ0) is 17.9. The van der Waals surface area contributed by atoms with E-state index in [0.717, 1.165) is 0 Å². The van der Waals surface area contributed by atoms with Gasteiger partial charge in [0.15, 0.2) is 0 Å². The molecule has 0 bridgehead atoms. The SMILES string of the molecule is O=C(Nc1cccc(S(=O)(=O)N2CCC[C@H](O)C2)c1)c1ccccn1. The predicted molar refractivity (Wildman–Crippen MR) is 92.6 cm³/mol. The average molecular weight is 361 g/mol. The minimum absolute atomic E-state index is 0.0837. The molecule has 7 nitrogen and oxygen atoms in total. The molecule has 1 fully saturated rings. The zero-order valence-corrected chi connectivity index (χ0v) is 14.3. The smallest absolute Gasteiger partial charge is 0.274 e. The number of aliphatic hydroxyl groups is 1. The van der Waals surface area contributed by atoms with Crippen LogP contribution >= 0.6 is 0 Å². The van der Waals surface area contributed by atoms with Crippen molar-refractivity contribution in [1.29, 1.82) is 0 Å². The molecule has 0 radical (unpaired) electrons. The van der Waals surface area contributed by atoms with Crippen LogP contribution in [0.1, 0.15) is 23.3 Å². The molecule has 2 aromatic rings. The highest BCUT2D eigenvalue weighted by molar-refractivity contribution is 7.89. The van der Waals surface area contributed by atoms with E-state index in [-0.39, 0.29) is 17.1 Å². The average Bonchev–Trinajstić information content (AvgIpc) is 2.62. The first-order valence-corrected chi connectivity index (χ1v) is 9.41. The second-order valence-corrected chi connectivity index (χ2v) is 7.79. The quantitative estimate of drug-likeness (QED) is 0.859. The highest BCUT2D eigenvalue weighted by atomic mass is 32.2. The van der Waals surface area contributed by atoms with Crippen LogP contribution in [-0.2, 0) is 10.0 Å². The Morgan fingerprint density at radius 1 is 1.24 bits per heavy atom. The van der Waals surface area contributed by atoms with Gasteiger partial charge in [0.05, 0.1) is 11.0 Å². The molecule has 1 aliphatic heterocycles. The number of aromatic nitrogens is 1. The van der Waals surface area contributed by atoms with E-state index in [4.69, 9.17) is 0 Å². The van der Waals surface area contributed by atoms with Crippen LogP contribution in [0.5, 0.6) is 0 Å². The van der Waals surface area contributed by atoms with Gasteiger partial charge in [0.2, 0.25) is 10.0 Å². The molecule has 8 heteroatoms. The van der Waals surface area contributed by atoms with E-state index in [1.807, 2.05) is 0 Å². The van der Waals surface area contributed by atoms with E-state index in [9.17, 15) is 18.3 Å². The number of carbonyl (C=O) groups is 1. The van der Waals surface area contributed by atoms with Gasteiger partial charge in [-0.25, -0.2) is 8.42 Å². The van der Waals surface area contributed by atoms with Crippen molar-refractivity contribution in [2.75, 3.05) is 18.4 Å². The second kappa shape index (κ2) is 7.30. The number of β-amino-alcohol motifs (C(OH)–C–C–N with tert-alkyl or cyclic N) is 1. The molecule has 1 atom stereocenters. The number of rotatable bonds is 4. The van der Waals surface area contributed by atoms with Crippen molar-refractivity contribution in [2.45, 2.75) is 23.8 Å². The van der Waals surface area contributed by atoms with Gasteiger partial charge in [-0.15, -0.1) is 0 Å². The lowest BCUT2D eigenvalue weighted by molar-refractivity contribution is 0.102. The van der Waals surface area contributed by atoms with Gasteiger partial charge in [0.25, 0.3) is 5.91 Å². The predicted octanol–water partition coefficient (Wildman–Crippen LogP) is 1.48. The molecule has 2 N–H and O–H groups in total. The van der Waals surface area contributed by atoms with Crippen molar-refractivity contribution >= 4 is 21.6 Å². The maximum absolute atomic E-state index is 12.7. The Balaban J connectivity index is 1.80. The number of nitrogens with one attached hydrogen (secondary N) is 1. The molecule has 0 saturated carbocycles. The van der Waals surface area contributed by atoms with Crippen molar-refractivity contribution in [3.05, 3.63) is 54.4 Å². The van der Waals surface area contributed by atoms with Gasteiger partial charge in [-0.1, -0.05) is 12.1 Å². The maximum atomic E-state index is 12.7. The molecule has 0 spiro atoms. The van der Waals surface area contributed by atoms with E-state index >= 15 is 0 Å². The summed E-state index contributed by atoms with van der Waals surface area (Å²) in [5, 5.41) is 12.4. The highest BCUT2D eigenvalue weighted by Crippen LogP contribution is 2.23. The number of pyridine rings is 1. The third-order valence-electron chi connectivity index (χ3n) is 3.99. The van der Waals surface area contributed by atoms with Gasteiger partial charge < -0.3 is 10.4 Å². The summed E-state index contributed by atoms with van der Waals surface area (Å²) in [5.41, 5.74) is 0.615. The van der Waals surface area contributed by atoms with E-state index in [0.29, 0.717) is 25.1 Å². The number of benzene rings is 1. The van der Waals surface area contributed by atoms with E-state index < -0.39 is 22.0 Å². The number of piperidine rings is 1. The zero-order valence-electron chi connectivity index (χ0n) is 13.5. The molecule has 3 rings (SSSR count). The van der Waals surface area contributed by atoms with Crippen LogP contribution in [0, 0.1) is 0 Å². The monoisotopic (exact) mass is 361 g/mol. The van der Waals surface area contributed by atoms with Crippen molar-refractivity contribution in [1.82, 2.24) is 9.29 Å². The molecule has 1 aromatic carbocycles. The lowest BCUT2D eigenvalue weighted by Gasteiger charge is -2.29. The van der Waals surface area contributed by atoms with Crippen LogP contribution < -0.4 is 5.32 Å². The summed E-state index contributed by atoms with van der Waals surface area (Å²) >= 11 is 0. The minimum Gasteiger partial charge on any atom is -0.392 e. The second-order valence-electron chi connectivity index (χ2n) is 5.86. The third kappa shape index (κ3) is 4.04. The van der Waals surface area contributed by atoms with Gasteiger partial charge >= 0.3 is 0 Å². The topological polar surface area (TPSA) is 99.6 Å². The fourth-order valence-electron chi connectivity index (χ4n) is 2.71. The van der Waals surface area contributed by atoms with Crippen LogP contribution in [0.15, 0.2) is 53.6 Å². The molecular formula is C17H19N3O4S. The minimum atomic E-state index is -3.71. The van der Waals surface area contributed by atoms with Gasteiger partial charge in [-0.05, 0) is 43.2 Å². The van der Waals surface area contributed by atoms with Crippen LogP contribution in [0.25, 0.3) is 0 Å². The van der Waals surface area contributed by atoms with Gasteiger partial charge in [0, 0.05) is 25.0 Å². The van der Waals surface area contributed by atoms with E-state index in [1.165, 1.54) is 22.6 Å². The molecule has 0 aliphatic carbocycles. The molecule has 25 heavy (non-hydrogen) atoms. The standard InChI is InChI=1S/C17H19N3O4S/c21-14-6-4-10-20(12-14)25(23,24)15-7-3-5-13(11-15)19-17(22)16-8-1-2-9-18-16/h1-3,5,7-9,11,14,21H,4,6,10,12H2,(H,19,22)/t14-/m0/s1. The summed E-state index contributed by atoms with van der Waals surface area (Å²) < 4.78 is 26.7. The highest BCUT2D eigenvalue weighted by Gasteiger charge is 2.29. The number of aliphatic hydroxyl groups excluding tert-OH is 1. The molecule has 1 aliphatic rings. The van der Waals surface area contributed by atoms with Crippen molar-refractivity contribution in [2.24, 2.45) is 0 Å². The molecule has 1 aromatic heterocycles. The molecule has 1 amide bonds. The number of amides is 1. The number of carbonyl (C=O) groups excluding carboxylic acids is 1. The molecule has 1 saturated heterocycles. The van der Waals surface area contributed by atoms with E-state index in [1.54, 1.807) is 30.3 Å². The third-order valence-corrected chi connectivity index (χ3v) is 5.85. The summed E-state index contributed by atoms with van der Waals surface area (Å²) in [7, 11) is -3.71.